The molecule has 0 saturated carbocycles. The fraction of sp³-hybridized carbons (Fsp3) is 1.00. The Bertz CT molecular complexity index is 936. The predicted molar refractivity (Wildman–Crippen MR) is 283 cm³/mol. The molecule has 0 spiro atoms. The quantitative estimate of drug-likeness (QED) is 0.0677. The first-order valence-electron chi connectivity index (χ1n) is 24.4. The van der Waals surface area contributed by atoms with E-state index in [9.17, 15) is 0 Å². The summed E-state index contributed by atoms with van der Waals surface area (Å²) in [7, 11) is 0. The summed E-state index contributed by atoms with van der Waals surface area (Å²) in [5, 5.41) is 17.4. The van der Waals surface area contributed by atoms with Gasteiger partial charge >= 0.3 is 0 Å². The average molecular weight is 908 g/mol. The summed E-state index contributed by atoms with van der Waals surface area (Å²) in [5.41, 5.74) is 1.66. The van der Waals surface area contributed by atoms with Crippen LogP contribution in [0, 0.1) is 5.41 Å². The molecule has 0 unspecified atom stereocenters. The number of nitrogens with zero attached hydrogens (tertiary/aromatic N) is 1. The number of hydrogen-bond donors (Lipinski definition) is 5. The number of rotatable bonds is 22. The maximum Gasteiger partial charge on any atom is 0.0707 e. The Balaban J connectivity index is -0.000000370. The number of thioether (sulfide) groups is 1. The fourth-order valence-corrected chi connectivity index (χ4v) is 5.83. The van der Waals surface area contributed by atoms with Gasteiger partial charge in [0.15, 0.2) is 0 Å². The van der Waals surface area contributed by atoms with Crippen molar-refractivity contribution >= 4 is 11.8 Å². The smallest absolute Gasteiger partial charge is 0.0707 e. The summed E-state index contributed by atoms with van der Waals surface area (Å²) in [6, 6.07) is 0. The molecule has 5 N–H and O–H groups in total. The van der Waals surface area contributed by atoms with Gasteiger partial charge in [0, 0.05) is 70.0 Å². The summed E-state index contributed by atoms with van der Waals surface area (Å²) in [5.74, 6) is 1.20. The lowest BCUT2D eigenvalue weighted by Crippen LogP contribution is -2.45. The van der Waals surface area contributed by atoms with Gasteiger partial charge in [0.2, 0.25) is 0 Å². The van der Waals surface area contributed by atoms with Crippen molar-refractivity contribution in [3.8, 4) is 0 Å². The highest BCUT2D eigenvalue weighted by atomic mass is 32.2. The molecule has 0 aromatic heterocycles. The highest BCUT2D eigenvalue weighted by Gasteiger charge is 2.21. The molecule has 0 atom stereocenters. The largest absolute Gasteiger partial charge is 0.380 e. The van der Waals surface area contributed by atoms with E-state index < -0.39 is 0 Å². The minimum absolute atomic E-state index is 0.0625. The van der Waals surface area contributed by atoms with Gasteiger partial charge in [-0.25, -0.2) is 0 Å². The normalized spacial score (nSPS) is 13.5. The highest BCUT2D eigenvalue weighted by Crippen LogP contribution is 2.22. The first kappa shape index (κ1) is 68.6. The number of nitrogens with one attached hydrogen (secondary N) is 5. The third-order valence-corrected chi connectivity index (χ3v) is 9.60. The van der Waals surface area contributed by atoms with Crippen molar-refractivity contribution in [1.82, 2.24) is 31.5 Å². The number of ether oxygens (including phenoxy) is 3. The van der Waals surface area contributed by atoms with E-state index in [0.29, 0.717) is 23.4 Å². The van der Waals surface area contributed by atoms with Crippen molar-refractivity contribution in [2.45, 2.75) is 250 Å². The summed E-state index contributed by atoms with van der Waals surface area (Å²) >= 11 is 2.01. The molecule has 62 heavy (non-hydrogen) atoms. The summed E-state index contributed by atoms with van der Waals surface area (Å²) in [6.45, 7) is 70.8. The molecule has 0 aliphatic carbocycles. The molecule has 0 radical (unpaired) electrons. The van der Waals surface area contributed by atoms with Crippen molar-refractivity contribution in [1.29, 1.82) is 0 Å². The number of hydrogen-bond acceptors (Lipinski definition) is 10. The van der Waals surface area contributed by atoms with Crippen LogP contribution in [-0.2, 0) is 14.2 Å². The highest BCUT2D eigenvalue weighted by molar-refractivity contribution is 8.00. The summed E-state index contributed by atoms with van der Waals surface area (Å²) < 4.78 is 16.9. The molecule has 380 valence electrons. The molecule has 0 saturated heterocycles. The first-order valence-corrected chi connectivity index (χ1v) is 25.4. The molecule has 0 aromatic carbocycles. The lowest BCUT2D eigenvalue weighted by atomic mass is 9.93. The predicted octanol–water partition coefficient (Wildman–Crippen LogP) is 11.6. The molecule has 0 rings (SSSR count). The second-order valence-electron chi connectivity index (χ2n) is 26.2. The second-order valence-corrected chi connectivity index (χ2v) is 28.1. The molecular weight excluding hydrogens is 789 g/mol. The van der Waals surface area contributed by atoms with Gasteiger partial charge in [-0.3, -0.25) is 4.90 Å². The molecule has 0 heterocycles. The third-order valence-electron chi connectivity index (χ3n) is 8.32. The lowest BCUT2D eigenvalue weighted by molar-refractivity contribution is -0.0346. The van der Waals surface area contributed by atoms with E-state index >= 15 is 0 Å². The van der Waals surface area contributed by atoms with Gasteiger partial charge in [0.05, 0.1) is 32.0 Å². The maximum absolute atomic E-state index is 5.54. The summed E-state index contributed by atoms with van der Waals surface area (Å²) in [6.07, 6.45) is 3.55. The van der Waals surface area contributed by atoms with Gasteiger partial charge in [0.1, 0.15) is 0 Å². The average Bonchev–Trinajstić information content (AvgIpc) is 3.00. The fourth-order valence-electron chi connectivity index (χ4n) is 5.02. The molecule has 9 nitrogen and oxygen atoms in total. The molecule has 0 fully saturated rings. The van der Waals surface area contributed by atoms with Gasteiger partial charge < -0.3 is 40.8 Å². The van der Waals surface area contributed by atoms with Crippen LogP contribution in [0.3, 0.4) is 0 Å². The zero-order valence-electron chi connectivity index (χ0n) is 47.4. The summed E-state index contributed by atoms with van der Waals surface area (Å²) in [4.78, 5) is 2.61. The van der Waals surface area contributed by atoms with E-state index in [4.69, 9.17) is 14.2 Å². The Morgan fingerprint density at radius 2 is 0.726 bits per heavy atom. The Labute approximate surface area is 395 Å². The van der Waals surface area contributed by atoms with Gasteiger partial charge in [-0.15, -0.1) is 0 Å². The molecule has 0 aliphatic heterocycles. The van der Waals surface area contributed by atoms with Gasteiger partial charge in [-0.05, 0) is 196 Å². The SMILES string of the molecule is CC(C)(C)CCOCCNC(C)(C)C.CC(C)(C)NCCCN(CCCNC(C)(C)C)C(C)(C)C.CC(C)(C)NCCOCCOC(C)(C)C.CC(C)(C)NCCSC(C)(C)C. The van der Waals surface area contributed by atoms with E-state index in [0.717, 1.165) is 59.0 Å². The monoisotopic (exact) mass is 907 g/mol. The van der Waals surface area contributed by atoms with Crippen LogP contribution in [0.15, 0.2) is 0 Å². The van der Waals surface area contributed by atoms with Crippen LogP contribution in [0.2, 0.25) is 0 Å². The van der Waals surface area contributed by atoms with Crippen LogP contribution < -0.4 is 26.6 Å². The van der Waals surface area contributed by atoms with Crippen molar-refractivity contribution < 1.29 is 14.2 Å². The lowest BCUT2D eigenvalue weighted by Gasteiger charge is -2.36. The zero-order valence-corrected chi connectivity index (χ0v) is 48.2. The van der Waals surface area contributed by atoms with E-state index in [1.54, 1.807) is 0 Å². The standard InChI is InChI=1S/C18H41N3.C12H27NO2.C12H27NO.C10H23NS/c1-16(2,3)19-12-10-14-21(18(7,8)9)15-11-13-20-17(4,5)6;1-11(2,3)13-7-8-14-9-10-15-12(4,5)6;1-11(2,3)7-9-14-10-8-13-12(4,5)6;1-9(2,3)11-7-8-12-10(4,5)6/h19-20H,10-15H2,1-9H3;13H,7-10H2,1-6H3;13H,7-10H2,1-6H3;11H,7-8H2,1-6H3. The van der Waals surface area contributed by atoms with Crippen molar-refractivity contribution in [2.24, 2.45) is 5.41 Å². The minimum atomic E-state index is -0.0625. The second kappa shape index (κ2) is 32.7. The van der Waals surface area contributed by atoms with E-state index in [2.05, 4.69) is 198 Å². The molecular formula is C52H118N6O3S. The van der Waals surface area contributed by atoms with Crippen molar-refractivity contribution in [3.63, 3.8) is 0 Å². The van der Waals surface area contributed by atoms with E-state index in [1.807, 2.05) is 32.5 Å². The molecule has 10 heteroatoms. The van der Waals surface area contributed by atoms with E-state index in [-0.39, 0.29) is 38.8 Å². The third kappa shape index (κ3) is 71.6. The molecule has 0 bridgehead atoms. The van der Waals surface area contributed by atoms with Crippen molar-refractivity contribution in [3.05, 3.63) is 0 Å². The topological polar surface area (TPSA) is 91.1 Å². The van der Waals surface area contributed by atoms with Gasteiger partial charge in [-0.1, -0.05) is 41.5 Å². The Hall–Kier alpha value is -0.0100. The van der Waals surface area contributed by atoms with Crippen molar-refractivity contribution in [2.75, 3.05) is 84.6 Å². The Morgan fingerprint density at radius 1 is 0.387 bits per heavy atom. The Kier molecular flexibility index (Phi) is 36.1. The zero-order chi connectivity index (χ0) is 49.8. The van der Waals surface area contributed by atoms with Crippen LogP contribution >= 0.6 is 11.8 Å². The van der Waals surface area contributed by atoms with Crippen LogP contribution in [0.25, 0.3) is 0 Å². The minimum Gasteiger partial charge on any atom is -0.380 e. The van der Waals surface area contributed by atoms with Gasteiger partial charge in [0.25, 0.3) is 0 Å². The first-order chi connectivity index (χ1) is 27.4. The van der Waals surface area contributed by atoms with Crippen LogP contribution in [-0.4, -0.2) is 133 Å². The van der Waals surface area contributed by atoms with Gasteiger partial charge in [-0.2, -0.15) is 11.8 Å². The van der Waals surface area contributed by atoms with Crippen LogP contribution in [0.1, 0.15) is 206 Å². The van der Waals surface area contributed by atoms with Crippen LogP contribution in [0.5, 0.6) is 0 Å². The Morgan fingerprint density at radius 3 is 1.03 bits per heavy atom. The molecule has 0 amide bonds. The maximum atomic E-state index is 5.54. The van der Waals surface area contributed by atoms with Crippen LogP contribution in [0.4, 0.5) is 0 Å². The molecule has 0 aliphatic rings. The van der Waals surface area contributed by atoms with E-state index in [1.165, 1.54) is 31.7 Å². The molecule has 0 aromatic rings.